The van der Waals surface area contributed by atoms with Gasteiger partial charge in [0.05, 0.1) is 0 Å². The molecule has 0 saturated carbocycles. The highest BCUT2D eigenvalue weighted by Crippen LogP contribution is 2.38. The van der Waals surface area contributed by atoms with E-state index in [9.17, 15) is 0 Å². The van der Waals surface area contributed by atoms with E-state index in [1.165, 1.54) is 6.16 Å². The number of nitrogens with one attached hydrogen (secondary N) is 1. The van der Waals surface area contributed by atoms with Crippen molar-refractivity contribution in [3.05, 3.63) is 0 Å². The second-order valence-electron chi connectivity index (χ2n) is 2.41. The minimum atomic E-state index is 0.420. The van der Waals surface area contributed by atoms with Gasteiger partial charge in [0.2, 0.25) is 0 Å². The van der Waals surface area contributed by atoms with Crippen LogP contribution >= 0.6 is 19.4 Å². The quantitative estimate of drug-likeness (QED) is 0.400. The van der Waals surface area contributed by atoms with Crippen LogP contribution in [-0.4, -0.2) is 11.7 Å². The molecule has 3 heteroatoms. The first-order chi connectivity index (χ1) is 3.21. The van der Waals surface area contributed by atoms with Crippen LogP contribution in [0.2, 0.25) is 0 Å². The lowest BCUT2D eigenvalue weighted by atomic mass is 10.1. The largest absolute Gasteiger partial charge is 0.255 e. The van der Waals surface area contributed by atoms with Crippen molar-refractivity contribution in [2.45, 2.75) is 19.4 Å². The average molecular weight is 135 g/mol. The first kappa shape index (κ1) is 5.87. The molecule has 1 rings (SSSR count). The highest BCUT2D eigenvalue weighted by atomic mass is 32.7. The number of rotatable bonds is 0. The first-order valence-electron chi connectivity index (χ1n) is 2.37. The zero-order valence-electron chi connectivity index (χ0n) is 4.62. The molecule has 1 nitrogen and oxygen atoms in total. The molecule has 1 saturated heterocycles. The summed E-state index contributed by atoms with van der Waals surface area (Å²) >= 11 is 1.86. The number of hydrogen-bond donors (Lipinski definition) is 1. The molecule has 1 aliphatic heterocycles. The molecular weight excluding hydrogens is 125 g/mol. The van der Waals surface area contributed by atoms with E-state index in [4.69, 9.17) is 0 Å². The van der Waals surface area contributed by atoms with Gasteiger partial charge in [0.25, 0.3) is 0 Å². The summed E-state index contributed by atoms with van der Waals surface area (Å²) in [6.07, 6.45) is 1.33. The van der Waals surface area contributed by atoms with Crippen LogP contribution in [0.25, 0.3) is 0 Å². The maximum Gasteiger partial charge on any atom is 0.0274 e. The van der Waals surface area contributed by atoms with Crippen molar-refractivity contribution in [2.75, 3.05) is 6.16 Å². The number of hydrogen-bond acceptors (Lipinski definition) is 2. The topological polar surface area (TPSA) is 12.0 Å². The third kappa shape index (κ3) is 1.60. The van der Waals surface area contributed by atoms with Crippen molar-refractivity contribution in [1.82, 2.24) is 4.72 Å². The molecule has 7 heavy (non-hydrogen) atoms. The Hall–Kier alpha value is 0.740. The average Bonchev–Trinajstić information content (AvgIpc) is 1.84. The molecule has 0 aromatic rings. The molecule has 0 aliphatic carbocycles. The van der Waals surface area contributed by atoms with E-state index in [0.717, 1.165) is 7.78 Å². The molecule has 1 N–H and O–H groups in total. The summed E-state index contributed by atoms with van der Waals surface area (Å²) in [4.78, 5) is 0. The Balaban J connectivity index is 2.40. The van der Waals surface area contributed by atoms with Crippen LogP contribution in [0.3, 0.4) is 0 Å². The van der Waals surface area contributed by atoms with Gasteiger partial charge >= 0.3 is 0 Å². The third-order valence-electron chi connectivity index (χ3n) is 0.914. The summed E-state index contributed by atoms with van der Waals surface area (Å²) in [6, 6.07) is 0. The fourth-order valence-corrected chi connectivity index (χ4v) is 3.84. The molecule has 1 heterocycles. The summed E-state index contributed by atoms with van der Waals surface area (Å²) in [5.74, 6) is 0. The van der Waals surface area contributed by atoms with E-state index in [0.29, 0.717) is 5.54 Å². The van der Waals surface area contributed by atoms with Gasteiger partial charge in [0.1, 0.15) is 0 Å². The van der Waals surface area contributed by atoms with Gasteiger partial charge < -0.3 is 0 Å². The minimum absolute atomic E-state index is 0.420. The molecule has 42 valence electrons. The lowest BCUT2D eigenvalue weighted by Crippen LogP contribution is -2.31. The molecule has 0 bridgehead atoms. The monoisotopic (exact) mass is 135 g/mol. The zero-order valence-corrected chi connectivity index (χ0v) is 6.43. The molecule has 0 aromatic carbocycles. The molecule has 1 aliphatic rings. The van der Waals surface area contributed by atoms with Crippen molar-refractivity contribution in [2.24, 2.45) is 0 Å². The molecule has 1 unspecified atom stereocenters. The summed E-state index contributed by atoms with van der Waals surface area (Å²) in [7, 11) is 1.07. The Kier molecular flexibility index (Phi) is 1.61. The third-order valence-corrected chi connectivity index (χ3v) is 3.91. The lowest BCUT2D eigenvalue weighted by molar-refractivity contribution is 0.554. The van der Waals surface area contributed by atoms with Crippen LogP contribution in [0.1, 0.15) is 13.8 Å². The van der Waals surface area contributed by atoms with Gasteiger partial charge in [-0.25, -0.2) is 0 Å². The van der Waals surface area contributed by atoms with Gasteiger partial charge in [0.15, 0.2) is 0 Å². The summed E-state index contributed by atoms with van der Waals surface area (Å²) in [5.41, 5.74) is 0.420. The van der Waals surface area contributed by atoms with Crippen LogP contribution in [0.4, 0.5) is 0 Å². The zero-order chi connectivity index (χ0) is 5.33. The maximum atomic E-state index is 3.32. The second-order valence-corrected chi connectivity index (χ2v) is 4.94. The van der Waals surface area contributed by atoms with E-state index in [1.54, 1.807) is 0 Å². The van der Waals surface area contributed by atoms with Crippen molar-refractivity contribution >= 4 is 19.4 Å². The Bertz CT molecular complexity index is 66.1. The fraction of sp³-hybridized carbons (Fsp3) is 1.00. The van der Waals surface area contributed by atoms with Gasteiger partial charge in [-0.05, 0) is 27.8 Å². The Labute approximate surface area is 50.3 Å². The van der Waals surface area contributed by atoms with Gasteiger partial charge in [0, 0.05) is 5.54 Å². The van der Waals surface area contributed by atoms with E-state index < -0.39 is 0 Å². The van der Waals surface area contributed by atoms with Crippen molar-refractivity contribution in [3.8, 4) is 0 Å². The van der Waals surface area contributed by atoms with Crippen molar-refractivity contribution < 1.29 is 0 Å². The summed E-state index contributed by atoms with van der Waals surface area (Å²) in [5, 5.41) is 0. The van der Waals surface area contributed by atoms with E-state index in [2.05, 4.69) is 18.6 Å². The Morgan fingerprint density at radius 3 is 2.57 bits per heavy atom. The second kappa shape index (κ2) is 1.93. The van der Waals surface area contributed by atoms with Crippen LogP contribution in [-0.2, 0) is 0 Å². The fourth-order valence-electron chi connectivity index (χ4n) is 0.427. The Morgan fingerprint density at radius 1 is 1.71 bits per heavy atom. The summed E-state index contributed by atoms with van der Waals surface area (Å²) in [6.45, 7) is 4.47. The van der Waals surface area contributed by atoms with Crippen molar-refractivity contribution in [3.63, 3.8) is 0 Å². The maximum absolute atomic E-state index is 3.32. The van der Waals surface area contributed by atoms with Gasteiger partial charge in [-0.3, -0.25) is 4.72 Å². The molecule has 0 amide bonds. The van der Waals surface area contributed by atoms with E-state index >= 15 is 0 Å². The molecule has 0 spiro atoms. The predicted molar refractivity (Wildman–Crippen MR) is 38.0 cm³/mol. The van der Waals surface area contributed by atoms with Crippen LogP contribution in [0, 0.1) is 0 Å². The molecular formula is C4H10NPS. The van der Waals surface area contributed by atoms with Crippen molar-refractivity contribution in [1.29, 1.82) is 0 Å². The summed E-state index contributed by atoms with van der Waals surface area (Å²) < 4.78 is 3.32. The van der Waals surface area contributed by atoms with Gasteiger partial charge in [-0.1, -0.05) is 11.6 Å². The normalized spacial score (nSPS) is 31.7. The SMILES string of the molecule is CC1(C)CPSN1. The molecule has 1 atom stereocenters. The van der Waals surface area contributed by atoms with Gasteiger partial charge in [-0.2, -0.15) is 0 Å². The smallest absolute Gasteiger partial charge is 0.0274 e. The highest BCUT2D eigenvalue weighted by Gasteiger charge is 2.21. The molecule has 1 fully saturated rings. The van der Waals surface area contributed by atoms with Gasteiger partial charge in [-0.15, -0.1) is 0 Å². The first-order valence-corrected chi connectivity index (χ1v) is 5.11. The minimum Gasteiger partial charge on any atom is -0.255 e. The molecule has 0 radical (unpaired) electrons. The van der Waals surface area contributed by atoms with Crippen LogP contribution in [0.5, 0.6) is 0 Å². The lowest BCUT2D eigenvalue weighted by Gasteiger charge is -2.13. The van der Waals surface area contributed by atoms with E-state index in [-0.39, 0.29) is 0 Å². The van der Waals surface area contributed by atoms with Crippen LogP contribution in [0.15, 0.2) is 0 Å². The Morgan fingerprint density at radius 2 is 2.43 bits per heavy atom. The van der Waals surface area contributed by atoms with E-state index in [1.807, 2.05) is 11.6 Å². The van der Waals surface area contributed by atoms with Crippen LogP contribution < -0.4 is 4.72 Å². The standard InChI is InChI=1S/C4H10NPS/c1-4(2)3-6-7-5-4/h5-6H,3H2,1-2H3. The molecule has 0 aromatic heterocycles. The highest BCUT2D eigenvalue weighted by molar-refractivity contribution is 8.49. The predicted octanol–water partition coefficient (Wildman–Crippen LogP) is 1.61.